The van der Waals surface area contributed by atoms with Gasteiger partial charge >= 0.3 is 0 Å². The van der Waals surface area contributed by atoms with Crippen LogP contribution in [0, 0.1) is 5.92 Å². The quantitative estimate of drug-likeness (QED) is 0.785. The Morgan fingerprint density at radius 1 is 1.53 bits per heavy atom. The van der Waals surface area contributed by atoms with Crippen molar-refractivity contribution >= 4 is 11.8 Å². The fourth-order valence-corrected chi connectivity index (χ4v) is 3.60. The summed E-state index contributed by atoms with van der Waals surface area (Å²) in [7, 11) is 2.25. The van der Waals surface area contributed by atoms with Crippen molar-refractivity contribution in [1.82, 2.24) is 4.90 Å². The normalized spacial score (nSPS) is 29.4. The topological polar surface area (TPSA) is 29.3 Å². The highest BCUT2D eigenvalue weighted by molar-refractivity contribution is 7.99. The second-order valence-electron chi connectivity index (χ2n) is 4.98. The summed E-state index contributed by atoms with van der Waals surface area (Å²) in [6.45, 7) is 6.60. The Hall–Kier alpha value is 0.270. The van der Waals surface area contributed by atoms with E-state index in [1.807, 2.05) is 0 Å². The van der Waals surface area contributed by atoms with Crippen LogP contribution in [0.25, 0.3) is 0 Å². The van der Waals surface area contributed by atoms with Gasteiger partial charge in [-0.3, -0.25) is 4.90 Å². The van der Waals surface area contributed by atoms with E-state index in [2.05, 4.69) is 37.6 Å². The lowest BCUT2D eigenvalue weighted by Gasteiger charge is -2.44. The minimum atomic E-state index is 0.284. The highest BCUT2D eigenvalue weighted by Gasteiger charge is 2.35. The monoisotopic (exact) mass is 230 g/mol. The Morgan fingerprint density at radius 3 is 2.73 bits per heavy atom. The molecule has 1 heterocycles. The molecule has 0 saturated carbocycles. The lowest BCUT2D eigenvalue weighted by atomic mass is 9.92. The molecule has 1 aliphatic rings. The summed E-state index contributed by atoms with van der Waals surface area (Å²) in [5.41, 5.74) is 6.29. The molecule has 1 saturated heterocycles. The molecule has 1 fully saturated rings. The van der Waals surface area contributed by atoms with Gasteiger partial charge in [0, 0.05) is 24.4 Å². The Labute approximate surface area is 99.0 Å². The van der Waals surface area contributed by atoms with Crippen molar-refractivity contribution in [3.8, 4) is 0 Å². The average Bonchev–Trinajstić information content (AvgIpc) is 2.29. The van der Waals surface area contributed by atoms with E-state index >= 15 is 0 Å². The zero-order valence-corrected chi connectivity index (χ0v) is 11.3. The first-order valence-corrected chi connectivity index (χ1v) is 7.29. The predicted molar refractivity (Wildman–Crippen MR) is 70.4 cm³/mol. The fraction of sp³-hybridized carbons (Fsp3) is 1.00. The molecule has 3 heteroatoms. The van der Waals surface area contributed by atoms with E-state index in [0.717, 1.165) is 12.5 Å². The SMILES string of the molecule is CCC(C)CN(C)C1(CN)CCCSC1. The summed E-state index contributed by atoms with van der Waals surface area (Å²) in [5.74, 6) is 3.32. The third kappa shape index (κ3) is 3.36. The summed E-state index contributed by atoms with van der Waals surface area (Å²) in [6.07, 6.45) is 3.87. The van der Waals surface area contributed by atoms with Crippen LogP contribution in [0.4, 0.5) is 0 Å². The molecule has 2 atom stereocenters. The summed E-state index contributed by atoms with van der Waals surface area (Å²) in [6, 6.07) is 0. The van der Waals surface area contributed by atoms with Gasteiger partial charge in [-0.25, -0.2) is 0 Å². The lowest BCUT2D eigenvalue weighted by molar-refractivity contribution is 0.116. The van der Waals surface area contributed by atoms with Gasteiger partial charge in [-0.15, -0.1) is 0 Å². The first-order valence-electron chi connectivity index (χ1n) is 6.13. The predicted octanol–water partition coefficient (Wildman–Crippen LogP) is 2.19. The van der Waals surface area contributed by atoms with Crippen LogP contribution in [0.5, 0.6) is 0 Å². The maximum absolute atomic E-state index is 6.00. The van der Waals surface area contributed by atoms with Crippen LogP contribution in [-0.4, -0.2) is 42.1 Å². The molecule has 0 radical (unpaired) electrons. The van der Waals surface area contributed by atoms with E-state index in [4.69, 9.17) is 5.73 Å². The second kappa shape index (κ2) is 6.12. The molecule has 90 valence electrons. The molecule has 2 nitrogen and oxygen atoms in total. The van der Waals surface area contributed by atoms with Crippen LogP contribution in [0.1, 0.15) is 33.1 Å². The van der Waals surface area contributed by atoms with Gasteiger partial charge in [0.05, 0.1) is 0 Å². The van der Waals surface area contributed by atoms with E-state index in [1.54, 1.807) is 0 Å². The highest BCUT2D eigenvalue weighted by atomic mass is 32.2. The number of likely N-dealkylation sites (N-methyl/N-ethyl adjacent to an activating group) is 1. The van der Waals surface area contributed by atoms with Crippen LogP contribution in [0.3, 0.4) is 0 Å². The summed E-state index contributed by atoms with van der Waals surface area (Å²) in [4.78, 5) is 2.52. The van der Waals surface area contributed by atoms with Crippen LogP contribution >= 0.6 is 11.8 Å². The molecule has 0 spiro atoms. The maximum atomic E-state index is 6.00. The van der Waals surface area contributed by atoms with Crippen LogP contribution in [0.15, 0.2) is 0 Å². The minimum absolute atomic E-state index is 0.284. The Kier molecular flexibility index (Phi) is 5.44. The van der Waals surface area contributed by atoms with Crippen molar-refractivity contribution in [2.75, 3.05) is 31.6 Å². The van der Waals surface area contributed by atoms with Gasteiger partial charge in [-0.05, 0) is 31.6 Å². The molecule has 2 N–H and O–H groups in total. The van der Waals surface area contributed by atoms with E-state index in [0.29, 0.717) is 0 Å². The molecule has 0 aromatic heterocycles. The summed E-state index contributed by atoms with van der Waals surface area (Å²) < 4.78 is 0. The molecule has 0 aliphatic carbocycles. The number of rotatable bonds is 5. The van der Waals surface area contributed by atoms with Crippen LogP contribution in [-0.2, 0) is 0 Å². The zero-order chi connectivity index (χ0) is 11.3. The molecular formula is C12H26N2S. The standard InChI is InChI=1S/C12H26N2S/c1-4-11(2)8-14(3)12(9-13)6-5-7-15-10-12/h11H,4-10,13H2,1-3H3. The largest absolute Gasteiger partial charge is 0.329 e. The van der Waals surface area contributed by atoms with Gasteiger partial charge < -0.3 is 5.73 Å². The van der Waals surface area contributed by atoms with Gasteiger partial charge in [0.2, 0.25) is 0 Å². The van der Waals surface area contributed by atoms with Gasteiger partial charge in [0.1, 0.15) is 0 Å². The van der Waals surface area contributed by atoms with Crippen molar-refractivity contribution in [3.63, 3.8) is 0 Å². The Balaban J connectivity index is 2.55. The smallest absolute Gasteiger partial charge is 0.0419 e. The number of nitrogens with two attached hydrogens (primary N) is 1. The van der Waals surface area contributed by atoms with Crippen molar-refractivity contribution in [1.29, 1.82) is 0 Å². The second-order valence-corrected chi connectivity index (χ2v) is 6.08. The van der Waals surface area contributed by atoms with Gasteiger partial charge in [0.15, 0.2) is 0 Å². The van der Waals surface area contributed by atoms with Gasteiger partial charge in [-0.1, -0.05) is 20.3 Å². The van der Waals surface area contributed by atoms with E-state index in [-0.39, 0.29) is 5.54 Å². The molecule has 0 amide bonds. The minimum Gasteiger partial charge on any atom is -0.329 e. The van der Waals surface area contributed by atoms with E-state index < -0.39 is 0 Å². The zero-order valence-electron chi connectivity index (χ0n) is 10.5. The van der Waals surface area contributed by atoms with E-state index in [9.17, 15) is 0 Å². The number of hydrogen-bond acceptors (Lipinski definition) is 3. The summed E-state index contributed by atoms with van der Waals surface area (Å²) in [5, 5.41) is 0. The van der Waals surface area contributed by atoms with Gasteiger partial charge in [0.25, 0.3) is 0 Å². The molecule has 0 aromatic rings. The molecule has 1 aliphatic heterocycles. The molecule has 2 unspecified atom stereocenters. The van der Waals surface area contributed by atoms with Crippen LogP contribution < -0.4 is 5.73 Å². The molecule has 0 aromatic carbocycles. The molecule has 0 bridgehead atoms. The van der Waals surface area contributed by atoms with E-state index in [1.165, 1.54) is 37.3 Å². The number of nitrogens with zero attached hydrogens (tertiary/aromatic N) is 1. The van der Waals surface area contributed by atoms with Crippen molar-refractivity contribution in [2.24, 2.45) is 11.7 Å². The number of hydrogen-bond donors (Lipinski definition) is 1. The molecule has 15 heavy (non-hydrogen) atoms. The van der Waals surface area contributed by atoms with Crippen LogP contribution in [0.2, 0.25) is 0 Å². The van der Waals surface area contributed by atoms with Gasteiger partial charge in [-0.2, -0.15) is 11.8 Å². The molecule has 1 rings (SSSR count). The maximum Gasteiger partial charge on any atom is 0.0419 e. The highest BCUT2D eigenvalue weighted by Crippen LogP contribution is 2.31. The third-order valence-corrected chi connectivity index (χ3v) is 5.09. The fourth-order valence-electron chi connectivity index (χ4n) is 2.25. The first-order chi connectivity index (χ1) is 7.14. The lowest BCUT2D eigenvalue weighted by Crippen LogP contribution is -2.56. The first kappa shape index (κ1) is 13.3. The Morgan fingerprint density at radius 2 is 2.27 bits per heavy atom. The Bertz CT molecular complexity index is 178. The average molecular weight is 230 g/mol. The number of thioether (sulfide) groups is 1. The van der Waals surface area contributed by atoms with Crippen molar-refractivity contribution < 1.29 is 0 Å². The van der Waals surface area contributed by atoms with Crippen molar-refractivity contribution in [3.05, 3.63) is 0 Å². The third-order valence-electron chi connectivity index (χ3n) is 3.77. The van der Waals surface area contributed by atoms with Crippen molar-refractivity contribution in [2.45, 2.75) is 38.6 Å². The molecular weight excluding hydrogens is 204 g/mol. The summed E-state index contributed by atoms with van der Waals surface area (Å²) >= 11 is 2.07.